The molecule has 0 aromatic carbocycles. The molecule has 9 nitrogen and oxygen atoms in total. The molecule has 1 rings (SSSR count). The Labute approximate surface area is 493 Å². The van der Waals surface area contributed by atoms with Crippen molar-refractivity contribution in [2.75, 3.05) is 13.2 Å². The van der Waals surface area contributed by atoms with Gasteiger partial charge in [0.25, 0.3) is 0 Å². The molecule has 1 fully saturated rings. The molecule has 9 heteroatoms. The zero-order chi connectivity index (χ0) is 57.9. The first-order chi connectivity index (χ1) is 39.3. The summed E-state index contributed by atoms with van der Waals surface area (Å²) in [5.74, 6) is -0.187. The second-order valence-electron chi connectivity index (χ2n) is 23.6. The quantitative estimate of drug-likeness (QED) is 0.0261. The number of carbonyl (C=O) groups is 1. The predicted molar refractivity (Wildman–Crippen MR) is 341 cm³/mol. The number of hydrogen-bond donors (Lipinski definition) is 6. The predicted octanol–water partition coefficient (Wildman–Crippen LogP) is 18.4. The largest absolute Gasteiger partial charge is 0.394 e. The lowest BCUT2D eigenvalue weighted by atomic mass is 9.99. The summed E-state index contributed by atoms with van der Waals surface area (Å²) >= 11 is 0. The molecule has 1 amide bonds. The van der Waals surface area contributed by atoms with Crippen molar-refractivity contribution in [3.8, 4) is 0 Å². The van der Waals surface area contributed by atoms with Crippen LogP contribution in [0.2, 0.25) is 0 Å². The number of ether oxygens (including phenoxy) is 2. The molecule has 1 aliphatic rings. The van der Waals surface area contributed by atoms with Crippen LogP contribution in [0.15, 0.2) is 72.9 Å². The number of nitrogens with one attached hydrogen (secondary N) is 1. The van der Waals surface area contributed by atoms with E-state index in [4.69, 9.17) is 9.47 Å². The highest BCUT2D eigenvalue weighted by atomic mass is 16.7. The van der Waals surface area contributed by atoms with E-state index >= 15 is 0 Å². The molecule has 7 atom stereocenters. The number of aliphatic hydroxyl groups excluding tert-OH is 5. The fraction of sp³-hybridized carbons (Fsp3) is 0.817. The van der Waals surface area contributed by atoms with Gasteiger partial charge < -0.3 is 40.3 Å². The summed E-state index contributed by atoms with van der Waals surface area (Å²) in [7, 11) is 0. The third-order valence-corrected chi connectivity index (χ3v) is 16.0. The van der Waals surface area contributed by atoms with Crippen molar-refractivity contribution in [3.63, 3.8) is 0 Å². The normalized spacial score (nSPS) is 18.9. The Hall–Kier alpha value is -2.37. The van der Waals surface area contributed by atoms with Crippen LogP contribution in [0.5, 0.6) is 0 Å². The van der Waals surface area contributed by atoms with Crippen molar-refractivity contribution in [2.24, 2.45) is 0 Å². The van der Waals surface area contributed by atoms with E-state index in [0.717, 1.165) is 57.8 Å². The molecule has 0 aromatic rings. The van der Waals surface area contributed by atoms with E-state index in [9.17, 15) is 30.3 Å². The third kappa shape index (κ3) is 48.0. The number of rotatable bonds is 59. The molecule has 466 valence electrons. The van der Waals surface area contributed by atoms with Crippen LogP contribution in [0.3, 0.4) is 0 Å². The van der Waals surface area contributed by atoms with Gasteiger partial charge in [0.2, 0.25) is 5.91 Å². The topological polar surface area (TPSA) is 149 Å². The van der Waals surface area contributed by atoms with Gasteiger partial charge in [-0.25, -0.2) is 0 Å². The van der Waals surface area contributed by atoms with Crippen molar-refractivity contribution < 1.29 is 39.8 Å². The summed E-state index contributed by atoms with van der Waals surface area (Å²) < 4.78 is 11.3. The minimum Gasteiger partial charge on any atom is -0.394 e. The first-order valence-electron chi connectivity index (χ1n) is 34.2. The van der Waals surface area contributed by atoms with Crippen molar-refractivity contribution in [1.29, 1.82) is 0 Å². The molecule has 0 aliphatic carbocycles. The molecule has 0 spiro atoms. The number of amides is 1. The molecule has 0 aromatic heterocycles. The van der Waals surface area contributed by atoms with Crippen LogP contribution in [-0.4, -0.2) is 87.5 Å². The number of aliphatic hydroxyl groups is 5. The Morgan fingerprint density at radius 2 is 0.750 bits per heavy atom. The Kier molecular flexibility index (Phi) is 56.5. The molecular weight excluding hydrogens is 995 g/mol. The molecule has 80 heavy (non-hydrogen) atoms. The lowest BCUT2D eigenvalue weighted by molar-refractivity contribution is -0.302. The number of carbonyl (C=O) groups excluding carboxylic acids is 1. The summed E-state index contributed by atoms with van der Waals surface area (Å²) in [5.41, 5.74) is 0. The van der Waals surface area contributed by atoms with Crippen LogP contribution < -0.4 is 5.32 Å². The van der Waals surface area contributed by atoms with Gasteiger partial charge >= 0.3 is 0 Å². The van der Waals surface area contributed by atoms with E-state index in [-0.39, 0.29) is 12.5 Å². The molecule has 1 heterocycles. The Balaban J connectivity index is 2.14. The van der Waals surface area contributed by atoms with Crippen LogP contribution in [0, 0.1) is 0 Å². The molecule has 0 saturated carbocycles. The second kappa shape index (κ2) is 59.8. The second-order valence-corrected chi connectivity index (χ2v) is 23.6. The third-order valence-electron chi connectivity index (χ3n) is 16.0. The van der Waals surface area contributed by atoms with Crippen LogP contribution in [0.4, 0.5) is 0 Å². The fourth-order valence-corrected chi connectivity index (χ4v) is 10.6. The smallest absolute Gasteiger partial charge is 0.220 e. The van der Waals surface area contributed by atoms with Crippen LogP contribution in [0.1, 0.15) is 316 Å². The molecule has 1 saturated heterocycles. The van der Waals surface area contributed by atoms with Crippen LogP contribution >= 0.6 is 0 Å². The molecular formula is C71H129NO8. The Morgan fingerprint density at radius 3 is 1.14 bits per heavy atom. The minimum atomic E-state index is -1.58. The van der Waals surface area contributed by atoms with E-state index in [2.05, 4.69) is 79.9 Å². The molecule has 6 N–H and O–H groups in total. The van der Waals surface area contributed by atoms with E-state index in [1.54, 1.807) is 6.08 Å². The first-order valence-corrected chi connectivity index (χ1v) is 34.2. The number of hydrogen-bond acceptors (Lipinski definition) is 8. The van der Waals surface area contributed by atoms with Gasteiger partial charge in [-0.3, -0.25) is 4.79 Å². The van der Waals surface area contributed by atoms with E-state index in [0.29, 0.717) is 6.42 Å². The van der Waals surface area contributed by atoms with Crippen molar-refractivity contribution in [3.05, 3.63) is 72.9 Å². The van der Waals surface area contributed by atoms with Gasteiger partial charge in [-0.05, 0) is 83.5 Å². The van der Waals surface area contributed by atoms with E-state index in [1.807, 2.05) is 6.08 Å². The van der Waals surface area contributed by atoms with Crippen molar-refractivity contribution in [1.82, 2.24) is 5.32 Å². The Morgan fingerprint density at radius 1 is 0.425 bits per heavy atom. The van der Waals surface area contributed by atoms with Gasteiger partial charge in [0, 0.05) is 6.42 Å². The van der Waals surface area contributed by atoms with Crippen molar-refractivity contribution in [2.45, 2.75) is 358 Å². The van der Waals surface area contributed by atoms with Gasteiger partial charge in [-0.2, -0.15) is 0 Å². The van der Waals surface area contributed by atoms with Gasteiger partial charge in [0.15, 0.2) is 6.29 Å². The summed E-state index contributed by atoms with van der Waals surface area (Å²) in [5, 5.41) is 54.7. The lowest BCUT2D eigenvalue weighted by Gasteiger charge is -2.40. The first kappa shape index (κ1) is 75.6. The average molecular weight is 1120 g/mol. The van der Waals surface area contributed by atoms with Gasteiger partial charge in [-0.1, -0.05) is 299 Å². The number of allylic oxidation sites excluding steroid dienone is 11. The summed E-state index contributed by atoms with van der Waals surface area (Å²) in [6, 6.07) is -0.831. The highest BCUT2D eigenvalue weighted by molar-refractivity contribution is 5.76. The van der Waals surface area contributed by atoms with E-state index in [1.165, 1.54) is 238 Å². The lowest BCUT2D eigenvalue weighted by Crippen LogP contribution is -2.60. The fourth-order valence-electron chi connectivity index (χ4n) is 10.6. The van der Waals surface area contributed by atoms with Gasteiger partial charge in [-0.15, -0.1) is 0 Å². The zero-order valence-electron chi connectivity index (χ0n) is 52.1. The highest BCUT2D eigenvalue weighted by Gasteiger charge is 2.44. The maximum absolute atomic E-state index is 13.1. The molecule has 7 unspecified atom stereocenters. The number of unbranched alkanes of at least 4 members (excludes halogenated alkanes) is 39. The summed E-state index contributed by atoms with van der Waals surface area (Å²) in [6.07, 6.45) is 77.2. The highest BCUT2D eigenvalue weighted by Crippen LogP contribution is 2.23. The molecule has 0 bridgehead atoms. The summed E-state index contributed by atoms with van der Waals surface area (Å²) in [4.78, 5) is 13.1. The molecule has 0 radical (unpaired) electrons. The van der Waals surface area contributed by atoms with Crippen molar-refractivity contribution >= 4 is 5.91 Å². The van der Waals surface area contributed by atoms with Crippen LogP contribution in [-0.2, 0) is 14.3 Å². The maximum atomic E-state index is 13.1. The minimum absolute atomic E-state index is 0.187. The SMILES string of the molecule is CCCCCCC/C=C\C/C=C\C/C=C\CCCCCCCCCCCCCCCCCCCCCCC(=O)NC(COC1OC(CO)C(O)C(O)C1O)C(O)/C=C/CC/C=C/CC/C=C/CCCCCCCCCCCCCC. The Bertz CT molecular complexity index is 1490. The average Bonchev–Trinajstić information content (AvgIpc) is 3.46. The monoisotopic (exact) mass is 1120 g/mol. The zero-order valence-corrected chi connectivity index (χ0v) is 52.1. The van der Waals surface area contributed by atoms with E-state index < -0.39 is 49.5 Å². The summed E-state index contributed by atoms with van der Waals surface area (Å²) in [6.45, 7) is 3.78. The maximum Gasteiger partial charge on any atom is 0.220 e. The van der Waals surface area contributed by atoms with Gasteiger partial charge in [0.1, 0.15) is 24.4 Å². The van der Waals surface area contributed by atoms with Gasteiger partial charge in [0.05, 0.1) is 25.4 Å². The molecule has 1 aliphatic heterocycles. The van der Waals surface area contributed by atoms with Crippen LogP contribution in [0.25, 0.3) is 0 Å². The standard InChI is InChI=1S/C71H129NO8/c1-3-5-7-9-11-13-15-17-19-21-23-25-27-28-29-30-31-32-33-34-35-36-37-38-39-41-43-45-47-49-51-53-55-57-59-61-67(75)72-64(63-79-71-70(78)69(77)68(76)66(62-73)80-71)65(74)60-58-56-54-52-50-48-46-44-42-40-26-24-22-20-18-16-14-12-10-8-6-4-2/h15,17,21,23,27-28,42,44,50,52,58,60,64-66,68-71,73-74,76-78H,3-14,16,18-20,22,24-26,29-41,43,45-49,51,53-57,59,61-63H2,1-2H3,(H,72,75)/b17-15-,23-21-,28-27-,44-42+,52-50+,60-58+.